The maximum Gasteiger partial charge on any atom is 0.264 e. The predicted octanol–water partition coefficient (Wildman–Crippen LogP) is 4.90. The highest BCUT2D eigenvalue weighted by molar-refractivity contribution is 5.93. The van der Waals surface area contributed by atoms with Crippen LogP contribution < -0.4 is 14.8 Å². The molecule has 0 saturated heterocycles. The molecule has 4 rings (SSSR count). The van der Waals surface area contributed by atoms with E-state index in [1.54, 1.807) is 24.3 Å². The van der Waals surface area contributed by atoms with Crippen molar-refractivity contribution in [1.29, 1.82) is 0 Å². The van der Waals surface area contributed by atoms with Crippen LogP contribution >= 0.6 is 0 Å². The molecule has 4 aromatic rings. The van der Waals surface area contributed by atoms with Gasteiger partial charge in [-0.25, -0.2) is 0 Å². The van der Waals surface area contributed by atoms with E-state index in [9.17, 15) is 4.79 Å². The van der Waals surface area contributed by atoms with E-state index in [1.807, 2.05) is 54.6 Å². The molecule has 1 aromatic heterocycles. The Morgan fingerprint density at radius 2 is 1.69 bits per heavy atom. The van der Waals surface area contributed by atoms with Gasteiger partial charge in [-0.15, -0.1) is 0 Å². The lowest BCUT2D eigenvalue weighted by molar-refractivity contribution is -0.118. The van der Waals surface area contributed by atoms with Crippen LogP contribution in [-0.2, 0) is 17.8 Å². The minimum atomic E-state index is -0.291. The molecule has 162 valence electrons. The number of amides is 1. The molecule has 32 heavy (non-hydrogen) atoms. The topological polar surface area (TPSA) is 86.5 Å². The van der Waals surface area contributed by atoms with Crippen molar-refractivity contribution in [1.82, 2.24) is 10.1 Å². The number of aromatic nitrogens is 2. The molecule has 0 aliphatic rings. The first-order valence-corrected chi connectivity index (χ1v) is 10.3. The van der Waals surface area contributed by atoms with Crippen LogP contribution in [0.4, 0.5) is 5.69 Å². The van der Waals surface area contributed by atoms with Crippen LogP contribution in [-0.4, -0.2) is 22.7 Å². The maximum absolute atomic E-state index is 12.3. The highest BCUT2D eigenvalue weighted by atomic mass is 16.5. The normalized spacial score (nSPS) is 10.5. The Balaban J connectivity index is 1.35. The third kappa shape index (κ3) is 5.51. The number of ether oxygens (including phenoxy) is 2. The zero-order valence-corrected chi connectivity index (χ0v) is 17.7. The molecule has 1 N–H and O–H groups in total. The third-order valence-corrected chi connectivity index (χ3v) is 4.71. The molecule has 0 bridgehead atoms. The maximum atomic E-state index is 12.3. The lowest BCUT2D eigenvalue weighted by atomic mass is 10.1. The zero-order valence-electron chi connectivity index (χ0n) is 17.7. The summed E-state index contributed by atoms with van der Waals surface area (Å²) in [6.45, 7) is 2.07. The summed E-state index contributed by atoms with van der Waals surface area (Å²) in [5.41, 5.74) is 2.65. The van der Waals surface area contributed by atoms with Crippen LogP contribution in [0.5, 0.6) is 11.5 Å². The van der Waals surface area contributed by atoms with Crippen LogP contribution in [0.25, 0.3) is 11.4 Å². The SMILES string of the molecule is CCc1ccc(-c2noc(COc3ccccc3NC(=O)COc3ccccc3)n2)cc1. The number of benzene rings is 3. The average molecular weight is 429 g/mol. The summed E-state index contributed by atoms with van der Waals surface area (Å²) < 4.78 is 16.6. The van der Waals surface area contributed by atoms with Gasteiger partial charge in [-0.2, -0.15) is 4.98 Å². The molecule has 0 radical (unpaired) electrons. The van der Waals surface area contributed by atoms with Gasteiger partial charge in [-0.1, -0.05) is 66.7 Å². The van der Waals surface area contributed by atoms with E-state index >= 15 is 0 Å². The fourth-order valence-corrected chi connectivity index (χ4v) is 3.01. The minimum Gasteiger partial charge on any atom is -0.484 e. The molecule has 7 heteroatoms. The molecular weight excluding hydrogens is 406 g/mol. The molecule has 0 saturated carbocycles. The minimum absolute atomic E-state index is 0.0768. The summed E-state index contributed by atoms with van der Waals surface area (Å²) in [5, 5.41) is 6.83. The van der Waals surface area contributed by atoms with Crippen LogP contribution in [0.1, 0.15) is 18.4 Å². The number of para-hydroxylation sites is 3. The van der Waals surface area contributed by atoms with Crippen LogP contribution in [0.2, 0.25) is 0 Å². The number of nitrogens with zero attached hydrogens (tertiary/aromatic N) is 2. The van der Waals surface area contributed by atoms with E-state index in [-0.39, 0.29) is 19.1 Å². The summed E-state index contributed by atoms with van der Waals surface area (Å²) >= 11 is 0. The van der Waals surface area contributed by atoms with Gasteiger partial charge in [0.05, 0.1) is 5.69 Å². The number of rotatable bonds is 9. The first-order valence-electron chi connectivity index (χ1n) is 10.3. The summed E-state index contributed by atoms with van der Waals surface area (Å²) in [7, 11) is 0. The second kappa shape index (κ2) is 10.3. The molecule has 0 unspecified atom stereocenters. The number of aryl methyl sites for hydroxylation is 1. The lowest BCUT2D eigenvalue weighted by Gasteiger charge is -2.11. The average Bonchev–Trinajstić information content (AvgIpc) is 3.32. The van der Waals surface area contributed by atoms with E-state index in [4.69, 9.17) is 14.0 Å². The number of hydrogen-bond acceptors (Lipinski definition) is 6. The molecule has 0 spiro atoms. The van der Waals surface area contributed by atoms with Crippen LogP contribution in [0.3, 0.4) is 0 Å². The smallest absolute Gasteiger partial charge is 0.264 e. The van der Waals surface area contributed by atoms with E-state index < -0.39 is 0 Å². The molecule has 1 heterocycles. The number of carbonyl (C=O) groups excluding carboxylic acids is 1. The lowest BCUT2D eigenvalue weighted by Crippen LogP contribution is -2.20. The zero-order chi connectivity index (χ0) is 22.2. The second-order valence-electron chi connectivity index (χ2n) is 7.00. The fourth-order valence-electron chi connectivity index (χ4n) is 3.01. The Labute approximate surface area is 186 Å². The van der Waals surface area contributed by atoms with Crippen molar-refractivity contribution in [2.24, 2.45) is 0 Å². The highest BCUT2D eigenvalue weighted by Gasteiger charge is 2.12. The summed E-state index contributed by atoms with van der Waals surface area (Å²) in [4.78, 5) is 16.7. The van der Waals surface area contributed by atoms with Gasteiger partial charge < -0.3 is 19.3 Å². The molecule has 0 fully saturated rings. The molecular formula is C25H23N3O4. The molecule has 1 amide bonds. The molecule has 0 aliphatic heterocycles. The van der Waals surface area contributed by atoms with Gasteiger partial charge in [0.15, 0.2) is 13.2 Å². The van der Waals surface area contributed by atoms with E-state index in [1.165, 1.54) is 5.56 Å². The van der Waals surface area contributed by atoms with Crippen molar-refractivity contribution >= 4 is 11.6 Å². The van der Waals surface area contributed by atoms with Gasteiger partial charge in [0.2, 0.25) is 5.82 Å². The number of hydrogen-bond donors (Lipinski definition) is 1. The number of anilines is 1. The first-order chi connectivity index (χ1) is 15.7. The Morgan fingerprint density at radius 3 is 2.47 bits per heavy atom. The van der Waals surface area contributed by atoms with Gasteiger partial charge in [0.25, 0.3) is 11.8 Å². The third-order valence-electron chi connectivity index (χ3n) is 4.71. The Morgan fingerprint density at radius 1 is 0.938 bits per heavy atom. The van der Waals surface area contributed by atoms with E-state index in [0.29, 0.717) is 28.9 Å². The molecule has 3 aromatic carbocycles. The van der Waals surface area contributed by atoms with Gasteiger partial charge >= 0.3 is 0 Å². The van der Waals surface area contributed by atoms with Crippen LogP contribution in [0, 0.1) is 0 Å². The largest absolute Gasteiger partial charge is 0.484 e. The van der Waals surface area contributed by atoms with Gasteiger partial charge in [0.1, 0.15) is 11.5 Å². The standard InChI is InChI=1S/C25H23N3O4/c1-2-18-12-14-19(15-13-18)25-27-24(32-28-25)17-31-22-11-7-6-10-21(22)26-23(29)16-30-20-8-4-3-5-9-20/h3-15H,2,16-17H2,1H3,(H,26,29). The van der Waals surface area contributed by atoms with Crippen molar-refractivity contribution in [2.75, 3.05) is 11.9 Å². The van der Waals surface area contributed by atoms with Crippen molar-refractivity contribution in [2.45, 2.75) is 20.0 Å². The highest BCUT2D eigenvalue weighted by Crippen LogP contribution is 2.25. The van der Waals surface area contributed by atoms with Crippen molar-refractivity contribution in [3.05, 3.63) is 90.3 Å². The fraction of sp³-hybridized carbons (Fsp3) is 0.160. The molecule has 0 aliphatic carbocycles. The summed E-state index contributed by atoms with van der Waals surface area (Å²) in [6.07, 6.45) is 0.972. The summed E-state index contributed by atoms with van der Waals surface area (Å²) in [5.74, 6) is 1.68. The van der Waals surface area contributed by atoms with E-state index in [2.05, 4.69) is 22.4 Å². The summed E-state index contributed by atoms with van der Waals surface area (Å²) in [6, 6.07) is 24.3. The predicted molar refractivity (Wildman–Crippen MR) is 120 cm³/mol. The van der Waals surface area contributed by atoms with Crippen molar-refractivity contribution in [3.63, 3.8) is 0 Å². The second-order valence-corrected chi connectivity index (χ2v) is 7.00. The Hall–Kier alpha value is -4.13. The molecule has 7 nitrogen and oxygen atoms in total. The quantitative estimate of drug-likeness (QED) is 0.407. The van der Waals surface area contributed by atoms with Crippen molar-refractivity contribution in [3.8, 4) is 22.9 Å². The van der Waals surface area contributed by atoms with Gasteiger partial charge in [-0.3, -0.25) is 4.79 Å². The van der Waals surface area contributed by atoms with Crippen molar-refractivity contribution < 1.29 is 18.8 Å². The Bertz CT molecular complexity index is 1160. The van der Waals surface area contributed by atoms with Gasteiger partial charge in [0, 0.05) is 5.56 Å². The molecule has 0 atom stereocenters. The van der Waals surface area contributed by atoms with Crippen LogP contribution in [0.15, 0.2) is 83.4 Å². The number of carbonyl (C=O) groups is 1. The van der Waals surface area contributed by atoms with E-state index in [0.717, 1.165) is 12.0 Å². The number of nitrogens with one attached hydrogen (secondary N) is 1. The van der Waals surface area contributed by atoms with Gasteiger partial charge in [-0.05, 0) is 36.2 Å². The monoisotopic (exact) mass is 429 g/mol. The first kappa shape index (κ1) is 21.1. The Kier molecular flexibility index (Phi) is 6.77.